The first-order valence-electron chi connectivity index (χ1n) is 19.8. The maximum absolute atomic E-state index is 14.8. The number of methoxy groups -OCH3 is 1. The zero-order valence-corrected chi connectivity index (χ0v) is 33.5. The summed E-state index contributed by atoms with van der Waals surface area (Å²) in [6.45, 7) is 11.2. The number of Topliss-reactive ketones (excluding diaryl/α,β-unsaturated/α-hetero) is 1. The highest BCUT2D eigenvalue weighted by Crippen LogP contribution is 2.57. The van der Waals surface area contributed by atoms with E-state index in [2.05, 4.69) is 11.3 Å². The fourth-order valence-electron chi connectivity index (χ4n) is 8.65. The minimum Gasteiger partial charge on any atom is -0.496 e. The van der Waals surface area contributed by atoms with Crippen molar-refractivity contribution in [2.75, 3.05) is 13.7 Å². The molecule has 3 aliphatic carbocycles. The Labute approximate surface area is 324 Å². The van der Waals surface area contributed by atoms with Crippen molar-refractivity contribution in [1.82, 2.24) is 14.6 Å². The maximum atomic E-state index is 14.8. The third-order valence-electron chi connectivity index (χ3n) is 12.8. The number of allylic oxidation sites excluding steroid dienone is 1. The lowest BCUT2D eigenvalue weighted by Gasteiger charge is -2.34. The normalized spacial score (nSPS) is 30.7. The van der Waals surface area contributed by atoms with Crippen LogP contribution in [0.25, 0.3) is 10.9 Å². The number of pyridine rings is 1. The van der Waals surface area contributed by atoms with Crippen LogP contribution in [0.5, 0.6) is 11.6 Å². The van der Waals surface area contributed by atoms with Crippen molar-refractivity contribution in [3.05, 3.63) is 42.5 Å². The molecule has 55 heavy (non-hydrogen) atoms. The van der Waals surface area contributed by atoms with Gasteiger partial charge in [0.1, 0.15) is 18.0 Å². The molecule has 0 unspecified atom stereocenters. The fourth-order valence-corrected chi connectivity index (χ4v) is 9.98. The molecule has 7 rings (SSSR count). The Hall–Kier alpha value is -4.00. The van der Waals surface area contributed by atoms with E-state index in [1.807, 2.05) is 45.0 Å². The van der Waals surface area contributed by atoms with Crippen LogP contribution in [0.2, 0.25) is 0 Å². The molecule has 2 bridgehead atoms. The summed E-state index contributed by atoms with van der Waals surface area (Å²) in [5, 5.41) is 0.865. The topological polar surface area (TPSA) is 158 Å². The van der Waals surface area contributed by atoms with Crippen molar-refractivity contribution in [2.24, 2.45) is 28.6 Å². The van der Waals surface area contributed by atoms with Gasteiger partial charge in [-0.05, 0) is 81.3 Å². The SMILES string of the molecule is C=C[C@@H]1C[C@]1(CC(=O)[C@@H]1C[C@@H]2CN1C(=O)[C@H](C(C)(C)C)CC(=O)O[C@@H]1C[C@H]1CCCCCc1c(nc3ccccc3c1OC)O2)C(=O)NS(=O)(=O)C1(C)CC1. The first-order chi connectivity index (χ1) is 26.0. The van der Waals surface area contributed by atoms with Gasteiger partial charge in [-0.2, -0.15) is 0 Å². The lowest BCUT2D eigenvalue weighted by molar-refractivity contribution is -0.154. The summed E-state index contributed by atoms with van der Waals surface area (Å²) in [6.07, 6.45) is 6.89. The number of para-hydroxylation sites is 1. The summed E-state index contributed by atoms with van der Waals surface area (Å²) in [4.78, 5) is 62.9. The van der Waals surface area contributed by atoms with Crippen molar-refractivity contribution in [3.8, 4) is 11.6 Å². The van der Waals surface area contributed by atoms with E-state index in [1.165, 1.54) is 4.90 Å². The highest BCUT2D eigenvalue weighted by Gasteiger charge is 2.62. The first-order valence-corrected chi connectivity index (χ1v) is 21.3. The number of rotatable bonds is 8. The number of nitrogens with one attached hydrogen (secondary N) is 1. The van der Waals surface area contributed by atoms with E-state index >= 15 is 0 Å². The lowest BCUT2D eigenvalue weighted by Crippen LogP contribution is -2.49. The molecule has 2 aromatic rings. The minimum atomic E-state index is -3.95. The van der Waals surface area contributed by atoms with Crippen LogP contribution in [0.3, 0.4) is 0 Å². The van der Waals surface area contributed by atoms with Gasteiger partial charge in [0.25, 0.3) is 0 Å². The molecule has 2 aliphatic heterocycles. The largest absolute Gasteiger partial charge is 0.496 e. The Bertz CT molecular complexity index is 2000. The summed E-state index contributed by atoms with van der Waals surface area (Å²) in [5.41, 5.74) is -0.442. The lowest BCUT2D eigenvalue weighted by atomic mass is 9.77. The number of nitrogens with zero attached hydrogens (tertiary/aromatic N) is 2. The van der Waals surface area contributed by atoms with Crippen LogP contribution in [-0.4, -0.2) is 78.5 Å². The van der Waals surface area contributed by atoms with Gasteiger partial charge in [0.15, 0.2) is 5.78 Å². The van der Waals surface area contributed by atoms with Gasteiger partial charge < -0.3 is 19.1 Å². The molecule has 0 spiro atoms. The average Bonchev–Trinajstić information content (AvgIpc) is 4.09. The van der Waals surface area contributed by atoms with Crippen LogP contribution in [0.4, 0.5) is 0 Å². The smallest absolute Gasteiger partial charge is 0.306 e. The van der Waals surface area contributed by atoms with Crippen LogP contribution in [0.1, 0.15) is 104 Å². The zero-order valence-electron chi connectivity index (χ0n) is 32.7. The Kier molecular flexibility index (Phi) is 10.3. The number of ether oxygens (including phenoxy) is 3. The standard InChI is InChI=1S/C42H55N3O9S/c1-7-26-22-42(26,39(49)44-55(50,51)41(5)17-18-41)23-33(46)32-20-27-24-45(32)38(48)30(40(2,3)4)21-35(47)54-34-19-25(34)13-9-8-10-15-29-36(52-6)28-14-11-12-16-31(28)43-37(29)53-27/h7,11-12,14,16,25-27,30,32,34H,1,8-10,13,15,17-24H2,2-6H3,(H,44,49)/t25-,26-,27-,30-,32+,34-,42-/m1/s1. The van der Waals surface area contributed by atoms with Gasteiger partial charge in [-0.25, -0.2) is 13.4 Å². The second-order valence-electron chi connectivity index (χ2n) is 17.9. The van der Waals surface area contributed by atoms with E-state index in [-0.39, 0.29) is 50.0 Å². The molecular formula is C42H55N3O9S. The molecule has 1 aromatic carbocycles. The van der Waals surface area contributed by atoms with Crippen molar-refractivity contribution >= 4 is 44.5 Å². The van der Waals surface area contributed by atoms with Crippen molar-refractivity contribution < 1.29 is 41.8 Å². The zero-order chi connectivity index (χ0) is 39.5. The molecule has 1 N–H and O–H groups in total. The quantitative estimate of drug-likeness (QED) is 0.255. The van der Waals surface area contributed by atoms with Gasteiger partial charge in [0.2, 0.25) is 27.7 Å². The number of aromatic nitrogens is 1. The number of esters is 1. The van der Waals surface area contributed by atoms with Crippen LogP contribution in [0.15, 0.2) is 36.9 Å². The number of carbonyl (C=O) groups is 4. The van der Waals surface area contributed by atoms with Gasteiger partial charge in [0, 0.05) is 18.2 Å². The summed E-state index contributed by atoms with van der Waals surface area (Å²) in [6, 6.07) is 6.70. The molecule has 3 saturated carbocycles. The van der Waals surface area contributed by atoms with Crippen LogP contribution < -0.4 is 14.2 Å². The molecule has 2 amide bonds. The van der Waals surface area contributed by atoms with Gasteiger partial charge in [-0.3, -0.25) is 23.9 Å². The molecular weight excluding hydrogens is 723 g/mol. The predicted molar refractivity (Wildman–Crippen MR) is 206 cm³/mol. The van der Waals surface area contributed by atoms with Gasteiger partial charge in [-0.15, -0.1) is 6.58 Å². The Morgan fingerprint density at radius 1 is 1.11 bits per heavy atom. The monoisotopic (exact) mass is 777 g/mol. The van der Waals surface area contributed by atoms with Crippen molar-refractivity contribution in [3.63, 3.8) is 0 Å². The Balaban J connectivity index is 1.23. The molecule has 0 radical (unpaired) electrons. The highest BCUT2D eigenvalue weighted by atomic mass is 32.2. The summed E-state index contributed by atoms with van der Waals surface area (Å²) in [5.74, 6) is -1.72. The first kappa shape index (κ1) is 39.2. The molecule has 13 heteroatoms. The molecule has 298 valence electrons. The molecule has 4 fully saturated rings. The third-order valence-corrected chi connectivity index (χ3v) is 15.0. The molecule has 1 saturated heterocycles. The van der Waals surface area contributed by atoms with Gasteiger partial charge in [0.05, 0.1) is 53.3 Å². The van der Waals surface area contributed by atoms with Gasteiger partial charge >= 0.3 is 5.97 Å². The van der Waals surface area contributed by atoms with E-state index in [9.17, 15) is 27.6 Å². The molecule has 5 aliphatic rings. The number of carbonyl (C=O) groups excluding carboxylic acids is 4. The number of amides is 2. The Morgan fingerprint density at radius 3 is 2.53 bits per heavy atom. The van der Waals surface area contributed by atoms with E-state index in [4.69, 9.17) is 19.2 Å². The van der Waals surface area contributed by atoms with Crippen LogP contribution in [0, 0.1) is 28.6 Å². The number of benzene rings is 1. The number of hydrogen-bond acceptors (Lipinski definition) is 10. The molecule has 12 nitrogen and oxygen atoms in total. The van der Waals surface area contributed by atoms with Crippen molar-refractivity contribution in [2.45, 2.75) is 128 Å². The van der Waals surface area contributed by atoms with E-state index in [0.717, 1.165) is 43.1 Å². The average molecular weight is 778 g/mol. The Morgan fingerprint density at radius 2 is 1.85 bits per heavy atom. The highest BCUT2D eigenvalue weighted by molar-refractivity contribution is 7.91. The van der Waals surface area contributed by atoms with Crippen LogP contribution in [-0.2, 0) is 40.4 Å². The molecule has 1 aromatic heterocycles. The maximum Gasteiger partial charge on any atom is 0.306 e. The van der Waals surface area contributed by atoms with Gasteiger partial charge in [-0.1, -0.05) is 51.8 Å². The molecule has 3 heterocycles. The molecule has 7 atom stereocenters. The summed E-state index contributed by atoms with van der Waals surface area (Å²) in [7, 11) is -2.31. The summed E-state index contributed by atoms with van der Waals surface area (Å²) < 4.78 is 46.1. The van der Waals surface area contributed by atoms with E-state index in [0.29, 0.717) is 42.3 Å². The number of hydrogen-bond donors (Lipinski definition) is 1. The number of sulfonamides is 1. The second-order valence-corrected chi connectivity index (χ2v) is 20.1. The van der Waals surface area contributed by atoms with E-state index < -0.39 is 61.5 Å². The van der Waals surface area contributed by atoms with Crippen molar-refractivity contribution in [1.29, 1.82) is 0 Å². The third kappa shape index (κ3) is 7.74. The number of ketones is 1. The minimum absolute atomic E-state index is 0.0502. The second kappa shape index (κ2) is 14.5. The summed E-state index contributed by atoms with van der Waals surface area (Å²) >= 11 is 0. The number of fused-ring (bicyclic) bond motifs is 5. The van der Waals surface area contributed by atoms with E-state index in [1.54, 1.807) is 20.1 Å². The predicted octanol–water partition coefficient (Wildman–Crippen LogP) is 5.84. The van der Waals surface area contributed by atoms with Crippen LogP contribution >= 0.6 is 0 Å². The fraction of sp³-hybridized carbons (Fsp3) is 0.643.